The molecule has 160 valence electrons. The van der Waals surface area contributed by atoms with Crippen LogP contribution in [0, 0.1) is 0 Å². The Bertz CT molecular complexity index is 725. The van der Waals surface area contributed by atoms with Crippen molar-refractivity contribution in [2.75, 3.05) is 45.1 Å². The van der Waals surface area contributed by atoms with Gasteiger partial charge in [0.1, 0.15) is 5.01 Å². The van der Waals surface area contributed by atoms with Gasteiger partial charge in [-0.25, -0.2) is 18.4 Å². The number of thiazole rings is 1. The lowest BCUT2D eigenvalue weighted by Gasteiger charge is -2.35. The van der Waals surface area contributed by atoms with Gasteiger partial charge >= 0.3 is 0 Å². The van der Waals surface area contributed by atoms with E-state index in [1.807, 2.05) is 27.0 Å². The predicted octanol–water partition coefficient (Wildman–Crippen LogP) is 1.54. The van der Waals surface area contributed by atoms with Gasteiger partial charge in [-0.3, -0.25) is 0 Å². The molecule has 8 nitrogen and oxygen atoms in total. The fourth-order valence-electron chi connectivity index (χ4n) is 2.85. The number of nitrogens with zero attached hydrogens (tertiary/aromatic N) is 4. The van der Waals surface area contributed by atoms with Crippen LogP contribution in [0.25, 0.3) is 0 Å². The molecule has 1 N–H and O–H groups in total. The van der Waals surface area contributed by atoms with E-state index in [0.717, 1.165) is 23.9 Å². The van der Waals surface area contributed by atoms with Gasteiger partial charge in [-0.1, -0.05) is 6.92 Å². The summed E-state index contributed by atoms with van der Waals surface area (Å²) >= 11 is 1.69. The monoisotopic (exact) mass is 431 g/mol. The fourth-order valence-corrected chi connectivity index (χ4v) is 4.92. The van der Waals surface area contributed by atoms with Crippen LogP contribution >= 0.6 is 11.3 Å². The fraction of sp³-hybridized carbons (Fsp3) is 0.778. The van der Waals surface area contributed by atoms with Gasteiger partial charge in [0.2, 0.25) is 10.0 Å². The molecular weight excluding hydrogens is 398 g/mol. The first-order valence-electron chi connectivity index (χ1n) is 9.92. The molecule has 1 fully saturated rings. The third kappa shape index (κ3) is 6.98. The Hall–Kier alpha value is -1.23. The Morgan fingerprint density at radius 2 is 2.04 bits per heavy atom. The molecular formula is C18H33N5O3S2. The Morgan fingerprint density at radius 3 is 2.61 bits per heavy atom. The topological polar surface area (TPSA) is 87.1 Å². The molecule has 1 saturated heterocycles. The van der Waals surface area contributed by atoms with Crippen LogP contribution in [0.1, 0.15) is 37.6 Å². The zero-order valence-electron chi connectivity index (χ0n) is 17.3. The van der Waals surface area contributed by atoms with Crippen molar-refractivity contribution in [3.05, 3.63) is 16.1 Å². The Morgan fingerprint density at radius 1 is 1.32 bits per heavy atom. The van der Waals surface area contributed by atoms with Gasteiger partial charge in [-0.05, 0) is 27.2 Å². The van der Waals surface area contributed by atoms with Crippen molar-refractivity contribution in [2.45, 2.75) is 46.8 Å². The molecule has 0 saturated carbocycles. The summed E-state index contributed by atoms with van der Waals surface area (Å²) in [6, 6.07) is 0. The SMILES string of the molecule is CCNC(=NCc1ncc(CC)s1)N1CCN(S(=O)(=O)CCOC(C)C)CC1. The number of hydrogen-bond donors (Lipinski definition) is 1. The van der Waals surface area contributed by atoms with Crippen molar-refractivity contribution in [1.29, 1.82) is 0 Å². The zero-order chi connectivity index (χ0) is 20.6. The zero-order valence-corrected chi connectivity index (χ0v) is 19.0. The van der Waals surface area contributed by atoms with E-state index >= 15 is 0 Å². The highest BCUT2D eigenvalue weighted by Gasteiger charge is 2.28. The van der Waals surface area contributed by atoms with Gasteiger partial charge < -0.3 is 15.0 Å². The van der Waals surface area contributed by atoms with Crippen molar-refractivity contribution in [2.24, 2.45) is 4.99 Å². The number of sulfonamides is 1. The number of aryl methyl sites for hydroxylation is 1. The second-order valence-electron chi connectivity index (χ2n) is 6.87. The molecule has 28 heavy (non-hydrogen) atoms. The Kier molecular flexibility index (Phi) is 9.13. The van der Waals surface area contributed by atoms with Crippen molar-refractivity contribution in [3.63, 3.8) is 0 Å². The molecule has 0 radical (unpaired) electrons. The third-order valence-corrected chi connectivity index (χ3v) is 7.33. The molecule has 0 atom stereocenters. The molecule has 2 rings (SSSR count). The maximum Gasteiger partial charge on any atom is 0.216 e. The molecule has 1 aromatic heterocycles. The number of hydrogen-bond acceptors (Lipinski definition) is 6. The van der Waals surface area contributed by atoms with E-state index in [4.69, 9.17) is 9.73 Å². The first-order chi connectivity index (χ1) is 13.4. The number of aliphatic imine (C=N–C) groups is 1. The third-order valence-electron chi connectivity index (χ3n) is 4.37. The van der Waals surface area contributed by atoms with Crippen LogP contribution in [-0.2, 0) is 27.7 Å². The van der Waals surface area contributed by atoms with Crippen LogP contribution in [0.15, 0.2) is 11.2 Å². The van der Waals surface area contributed by atoms with E-state index < -0.39 is 10.0 Å². The van der Waals surface area contributed by atoms with Crippen LogP contribution in [0.5, 0.6) is 0 Å². The maximum atomic E-state index is 12.5. The lowest BCUT2D eigenvalue weighted by Crippen LogP contribution is -2.54. The normalized spacial score (nSPS) is 16.8. The summed E-state index contributed by atoms with van der Waals surface area (Å²) < 4.78 is 31.9. The highest BCUT2D eigenvalue weighted by Crippen LogP contribution is 2.15. The van der Waals surface area contributed by atoms with Gasteiger partial charge in [-0.2, -0.15) is 4.31 Å². The number of aromatic nitrogens is 1. The Balaban J connectivity index is 1.91. The van der Waals surface area contributed by atoms with Crippen LogP contribution < -0.4 is 5.32 Å². The molecule has 10 heteroatoms. The number of ether oxygens (including phenoxy) is 1. The molecule has 1 aromatic rings. The summed E-state index contributed by atoms with van der Waals surface area (Å²) in [6.07, 6.45) is 2.94. The molecule has 0 unspecified atom stereocenters. The van der Waals surface area contributed by atoms with E-state index in [2.05, 4.69) is 22.1 Å². The minimum atomic E-state index is -3.28. The van der Waals surface area contributed by atoms with Crippen molar-refractivity contribution < 1.29 is 13.2 Å². The summed E-state index contributed by atoms with van der Waals surface area (Å²) in [5, 5.41) is 4.31. The lowest BCUT2D eigenvalue weighted by atomic mass is 10.4. The number of piperazine rings is 1. The number of guanidine groups is 1. The smallest absolute Gasteiger partial charge is 0.216 e. The second kappa shape index (κ2) is 11.1. The van der Waals surface area contributed by atoms with E-state index in [1.54, 1.807) is 15.6 Å². The summed E-state index contributed by atoms with van der Waals surface area (Å²) in [5.41, 5.74) is 0. The minimum absolute atomic E-state index is 0.0309. The highest BCUT2D eigenvalue weighted by atomic mass is 32.2. The molecule has 1 aliphatic heterocycles. The molecule has 1 aliphatic rings. The Labute approximate surface area is 173 Å². The van der Waals surface area contributed by atoms with Crippen LogP contribution in [0.4, 0.5) is 0 Å². The average molecular weight is 432 g/mol. The van der Waals surface area contributed by atoms with Crippen LogP contribution in [-0.4, -0.2) is 79.8 Å². The van der Waals surface area contributed by atoms with Crippen molar-refractivity contribution >= 4 is 27.3 Å². The molecule has 0 aliphatic carbocycles. The first-order valence-corrected chi connectivity index (χ1v) is 12.3. The van der Waals surface area contributed by atoms with Gasteiger partial charge in [0, 0.05) is 43.8 Å². The predicted molar refractivity (Wildman–Crippen MR) is 114 cm³/mol. The quantitative estimate of drug-likeness (QED) is 0.471. The number of rotatable bonds is 9. The summed E-state index contributed by atoms with van der Waals surface area (Å²) in [7, 11) is -3.28. The largest absolute Gasteiger partial charge is 0.378 e. The van der Waals surface area contributed by atoms with Crippen LogP contribution in [0.3, 0.4) is 0 Å². The molecule has 2 heterocycles. The van der Waals surface area contributed by atoms with E-state index in [1.165, 1.54) is 4.88 Å². The van der Waals surface area contributed by atoms with E-state index in [-0.39, 0.29) is 18.5 Å². The molecule has 0 bridgehead atoms. The van der Waals surface area contributed by atoms with Crippen LogP contribution in [0.2, 0.25) is 0 Å². The van der Waals surface area contributed by atoms with E-state index in [0.29, 0.717) is 32.7 Å². The second-order valence-corrected chi connectivity index (χ2v) is 10.2. The average Bonchev–Trinajstić information content (AvgIpc) is 3.13. The maximum absolute atomic E-state index is 12.5. The summed E-state index contributed by atoms with van der Waals surface area (Å²) in [4.78, 5) is 12.5. The molecule has 0 amide bonds. The lowest BCUT2D eigenvalue weighted by molar-refractivity contribution is 0.0904. The molecule has 0 spiro atoms. The number of nitrogens with one attached hydrogen (secondary N) is 1. The van der Waals surface area contributed by atoms with Gasteiger partial charge in [0.25, 0.3) is 0 Å². The van der Waals surface area contributed by atoms with Gasteiger partial charge in [0.15, 0.2) is 5.96 Å². The standard InChI is InChI=1S/C18H33N5O3S2/c1-5-16-13-20-17(27-16)14-21-18(19-6-2)22-7-9-23(10-8-22)28(24,25)12-11-26-15(3)4/h13,15H,5-12,14H2,1-4H3,(H,19,21). The first kappa shape index (κ1) is 23.1. The summed E-state index contributed by atoms with van der Waals surface area (Å²) in [5.74, 6) is 0.847. The minimum Gasteiger partial charge on any atom is -0.378 e. The summed E-state index contributed by atoms with van der Waals surface area (Å²) in [6.45, 7) is 11.7. The van der Waals surface area contributed by atoms with Crippen molar-refractivity contribution in [3.8, 4) is 0 Å². The van der Waals surface area contributed by atoms with E-state index in [9.17, 15) is 8.42 Å². The van der Waals surface area contributed by atoms with Crippen molar-refractivity contribution in [1.82, 2.24) is 19.5 Å². The molecule has 0 aromatic carbocycles. The van der Waals surface area contributed by atoms with Gasteiger partial charge in [0.05, 0.1) is 25.0 Å². The van der Waals surface area contributed by atoms with Gasteiger partial charge in [-0.15, -0.1) is 11.3 Å². The highest BCUT2D eigenvalue weighted by molar-refractivity contribution is 7.89.